The molecule has 0 radical (unpaired) electrons. The summed E-state index contributed by atoms with van der Waals surface area (Å²) in [6, 6.07) is 1.31. The number of phenolic OH excluding ortho intramolecular Hbond substituents is 2. The standard InChI is InChI=1S/C6H6O8S2.Na/c7-3-2-6(16(10,11)12)4(8)1-5(3)15-14-13-9;/h1-2,7-9H,(H,10,11,12);/q;+1/p-1. The van der Waals surface area contributed by atoms with Gasteiger partial charge in [0.15, 0.2) is 5.75 Å². The van der Waals surface area contributed by atoms with Gasteiger partial charge >= 0.3 is 29.6 Å². The van der Waals surface area contributed by atoms with Gasteiger partial charge in [-0.1, -0.05) is 0 Å². The number of aromatic hydroxyl groups is 2. The molecule has 0 atom stereocenters. The fourth-order valence-corrected chi connectivity index (χ4v) is 1.89. The van der Waals surface area contributed by atoms with Crippen molar-refractivity contribution < 1.29 is 67.4 Å². The van der Waals surface area contributed by atoms with Crippen molar-refractivity contribution in [2.24, 2.45) is 0 Å². The average Bonchev–Trinajstić information content (AvgIpc) is 2.17. The second-order valence-corrected chi connectivity index (χ2v) is 4.66. The molecule has 0 aliphatic rings. The van der Waals surface area contributed by atoms with E-state index in [4.69, 9.17) is 0 Å². The zero-order valence-corrected chi connectivity index (χ0v) is 12.1. The summed E-state index contributed by atoms with van der Waals surface area (Å²) in [6.45, 7) is 0. The minimum Gasteiger partial charge on any atom is -0.744 e. The Morgan fingerprint density at radius 2 is 1.82 bits per heavy atom. The Kier molecular flexibility index (Phi) is 6.76. The Morgan fingerprint density at radius 3 is 2.29 bits per heavy atom. The molecule has 11 heteroatoms. The molecule has 0 saturated heterocycles. The predicted molar refractivity (Wildman–Crippen MR) is 46.9 cm³/mol. The maximum absolute atomic E-state index is 10.6. The summed E-state index contributed by atoms with van der Waals surface area (Å²) in [7, 11) is -4.89. The molecule has 0 aromatic heterocycles. The summed E-state index contributed by atoms with van der Waals surface area (Å²) in [5.74, 6) is -1.49. The van der Waals surface area contributed by atoms with Crippen LogP contribution in [0.4, 0.5) is 0 Å². The van der Waals surface area contributed by atoms with Crippen LogP contribution in [0.15, 0.2) is 21.9 Å². The Balaban J connectivity index is 0.00000256. The van der Waals surface area contributed by atoms with E-state index in [-0.39, 0.29) is 46.5 Å². The molecule has 1 aromatic carbocycles. The SMILES string of the molecule is O=S(=O)([O-])c1cc(O)c([SH+]OO[O-])cc1O.[Na+]. The smallest absolute Gasteiger partial charge is 0.744 e. The molecule has 0 fully saturated rings. The molecule has 0 bridgehead atoms. The second kappa shape index (κ2) is 6.78. The van der Waals surface area contributed by atoms with Crippen molar-refractivity contribution in [3.8, 4) is 11.5 Å². The third kappa shape index (κ3) is 4.62. The number of rotatable bonds is 4. The van der Waals surface area contributed by atoms with Gasteiger partial charge in [-0.15, -0.1) is 0 Å². The minimum absolute atomic E-state index is 0. The first kappa shape index (κ1) is 17.0. The molecule has 0 unspecified atom stereocenters. The van der Waals surface area contributed by atoms with Crippen molar-refractivity contribution >= 4 is 22.2 Å². The van der Waals surface area contributed by atoms with Crippen LogP contribution in [0.2, 0.25) is 0 Å². The topological polar surface area (TPSA) is 139 Å². The number of thiol groups is 1. The average molecular weight is 292 g/mol. The van der Waals surface area contributed by atoms with Crippen LogP contribution in [-0.2, 0) is 31.5 Å². The van der Waals surface area contributed by atoms with Crippen LogP contribution in [0.3, 0.4) is 0 Å². The molecule has 1 rings (SSSR count). The van der Waals surface area contributed by atoms with Crippen LogP contribution in [-0.4, -0.2) is 23.2 Å². The van der Waals surface area contributed by atoms with Crippen LogP contribution in [0, 0.1) is 0 Å². The van der Waals surface area contributed by atoms with Gasteiger partial charge in [-0.05, 0) is 4.33 Å². The van der Waals surface area contributed by atoms with E-state index in [1.807, 2.05) is 0 Å². The van der Waals surface area contributed by atoms with E-state index in [1.165, 1.54) is 0 Å². The monoisotopic (exact) mass is 292 g/mol. The molecule has 0 spiro atoms. The summed E-state index contributed by atoms with van der Waals surface area (Å²) < 4.78 is 35.7. The van der Waals surface area contributed by atoms with Gasteiger partial charge in [-0.25, -0.2) is 13.5 Å². The fraction of sp³-hybridized carbons (Fsp3) is 0. The van der Waals surface area contributed by atoms with Gasteiger partial charge in [0.1, 0.15) is 20.8 Å². The van der Waals surface area contributed by atoms with E-state index >= 15 is 0 Å². The normalized spacial score (nSPS) is 10.9. The van der Waals surface area contributed by atoms with Gasteiger partial charge in [0, 0.05) is 12.1 Å². The number of hydrogen-bond acceptors (Lipinski definition) is 8. The number of phenols is 2. The molecule has 17 heavy (non-hydrogen) atoms. The molecule has 0 saturated carbocycles. The molecule has 0 aliphatic carbocycles. The van der Waals surface area contributed by atoms with E-state index in [9.17, 15) is 28.4 Å². The van der Waals surface area contributed by atoms with Gasteiger partial charge < -0.3 is 20.0 Å². The summed E-state index contributed by atoms with van der Waals surface area (Å²) in [5.41, 5.74) is 0. The second-order valence-electron chi connectivity index (χ2n) is 2.50. The summed E-state index contributed by atoms with van der Waals surface area (Å²) in [6.07, 6.45) is 0. The Labute approximate surface area is 122 Å². The van der Waals surface area contributed by atoms with Crippen LogP contribution >= 0.6 is 0 Å². The number of benzene rings is 1. The van der Waals surface area contributed by atoms with Crippen molar-refractivity contribution in [3.63, 3.8) is 0 Å². The molecule has 2 N–H and O–H groups in total. The maximum atomic E-state index is 10.6. The Hall–Kier alpha value is -0.0400. The Morgan fingerprint density at radius 1 is 1.24 bits per heavy atom. The van der Waals surface area contributed by atoms with Crippen LogP contribution in [0.1, 0.15) is 0 Å². The molecular weight excluding hydrogens is 287 g/mol. The zero-order valence-electron chi connectivity index (χ0n) is 8.35. The van der Waals surface area contributed by atoms with Gasteiger partial charge in [-0.3, -0.25) is 0 Å². The van der Waals surface area contributed by atoms with E-state index < -0.39 is 26.5 Å². The molecule has 1 aromatic rings. The zero-order chi connectivity index (χ0) is 12.3. The van der Waals surface area contributed by atoms with Gasteiger partial charge in [-0.2, -0.15) is 0 Å². The third-order valence-electron chi connectivity index (χ3n) is 1.49. The fourth-order valence-electron chi connectivity index (χ4n) is 0.875. The van der Waals surface area contributed by atoms with Crippen LogP contribution < -0.4 is 34.8 Å². The predicted octanol–water partition coefficient (Wildman–Crippen LogP) is -4.68. The Bertz CT molecular complexity index is 487. The van der Waals surface area contributed by atoms with Gasteiger partial charge in [0.05, 0.1) is 0 Å². The largest absolute Gasteiger partial charge is 1.00 e. The molecule has 90 valence electrons. The van der Waals surface area contributed by atoms with E-state index in [1.54, 1.807) is 0 Å². The molecule has 0 amide bonds. The molecule has 0 heterocycles. The first-order valence-electron chi connectivity index (χ1n) is 3.55. The summed E-state index contributed by atoms with van der Waals surface area (Å²) in [4.78, 5) is -1.10. The first-order valence-corrected chi connectivity index (χ1v) is 5.77. The van der Waals surface area contributed by atoms with Crippen molar-refractivity contribution in [2.75, 3.05) is 0 Å². The van der Waals surface area contributed by atoms with Crippen molar-refractivity contribution in [1.82, 2.24) is 0 Å². The molecule has 0 aliphatic heterocycles. The van der Waals surface area contributed by atoms with E-state index in [0.717, 1.165) is 6.07 Å². The van der Waals surface area contributed by atoms with E-state index in [2.05, 4.69) is 9.37 Å². The van der Waals surface area contributed by atoms with Crippen molar-refractivity contribution in [1.29, 1.82) is 0 Å². The summed E-state index contributed by atoms with van der Waals surface area (Å²) in [5, 5.41) is 30.9. The number of hydrogen-bond donors (Lipinski definition) is 2. The van der Waals surface area contributed by atoms with Crippen LogP contribution in [0.5, 0.6) is 11.5 Å². The van der Waals surface area contributed by atoms with Crippen LogP contribution in [0.25, 0.3) is 0 Å². The quantitative estimate of drug-likeness (QED) is 0.107. The first-order chi connectivity index (χ1) is 7.36. The van der Waals surface area contributed by atoms with E-state index in [0.29, 0.717) is 6.07 Å². The molecular formula is C6H5NaO8S2. The minimum atomic E-state index is -4.89. The molecule has 8 nitrogen and oxygen atoms in total. The van der Waals surface area contributed by atoms with Crippen molar-refractivity contribution in [3.05, 3.63) is 12.1 Å². The van der Waals surface area contributed by atoms with Crippen molar-refractivity contribution in [2.45, 2.75) is 9.79 Å². The van der Waals surface area contributed by atoms with Gasteiger partial charge in [0.2, 0.25) is 16.9 Å². The third-order valence-corrected chi connectivity index (χ3v) is 3.05. The maximum Gasteiger partial charge on any atom is 1.00 e. The van der Waals surface area contributed by atoms with Gasteiger partial charge in [0.25, 0.3) is 0 Å². The summed E-state index contributed by atoms with van der Waals surface area (Å²) >= 11 is -0.262.